The minimum atomic E-state index is -0.0600. The summed E-state index contributed by atoms with van der Waals surface area (Å²) in [7, 11) is 0. The van der Waals surface area contributed by atoms with E-state index in [1.54, 1.807) is 0 Å². The maximum absolute atomic E-state index is 5.60. The van der Waals surface area contributed by atoms with E-state index in [0.29, 0.717) is 6.04 Å². The van der Waals surface area contributed by atoms with Gasteiger partial charge in [-0.05, 0) is 27.2 Å². The van der Waals surface area contributed by atoms with Crippen LogP contribution in [-0.4, -0.2) is 68.1 Å². The molecule has 0 N–H and O–H groups in total. The van der Waals surface area contributed by atoms with E-state index >= 15 is 0 Å². The highest BCUT2D eigenvalue weighted by molar-refractivity contribution is 4.76. The van der Waals surface area contributed by atoms with Gasteiger partial charge < -0.3 is 9.47 Å². The first kappa shape index (κ1) is 15.9. The summed E-state index contributed by atoms with van der Waals surface area (Å²) in [6.45, 7) is 15.5. The van der Waals surface area contributed by atoms with Crippen molar-refractivity contribution in [3.05, 3.63) is 0 Å². The van der Waals surface area contributed by atoms with Crippen LogP contribution in [0.15, 0.2) is 0 Å². The van der Waals surface area contributed by atoms with Crippen LogP contribution in [0.1, 0.15) is 34.1 Å². The number of rotatable bonds is 8. The second-order valence-electron chi connectivity index (χ2n) is 4.93. The molecule has 108 valence electrons. The van der Waals surface area contributed by atoms with Gasteiger partial charge in [0.05, 0.1) is 0 Å². The highest BCUT2D eigenvalue weighted by Gasteiger charge is 2.22. The first-order chi connectivity index (χ1) is 8.71. The minimum absolute atomic E-state index is 0.0600. The molecule has 0 saturated carbocycles. The van der Waals surface area contributed by atoms with E-state index in [1.165, 1.54) is 19.5 Å². The standard InChI is InChI=1S/C14H30N2O2/c1-5-13(4)16-10-8-15(9-11-16)12-14(17-6-2)18-7-3/h13-14H,5-12H2,1-4H3. The molecule has 0 amide bonds. The van der Waals surface area contributed by atoms with E-state index in [4.69, 9.17) is 9.47 Å². The molecule has 0 aliphatic carbocycles. The second kappa shape index (κ2) is 8.86. The molecular formula is C14H30N2O2. The van der Waals surface area contributed by atoms with Gasteiger partial charge in [-0.1, -0.05) is 6.92 Å². The summed E-state index contributed by atoms with van der Waals surface area (Å²) in [5.74, 6) is 0. The van der Waals surface area contributed by atoms with Gasteiger partial charge in [-0.3, -0.25) is 9.80 Å². The van der Waals surface area contributed by atoms with Crippen LogP contribution in [-0.2, 0) is 9.47 Å². The molecule has 4 nitrogen and oxygen atoms in total. The van der Waals surface area contributed by atoms with Gasteiger partial charge in [0.1, 0.15) is 0 Å². The Kier molecular flexibility index (Phi) is 7.82. The number of piperazine rings is 1. The Bertz CT molecular complexity index is 200. The van der Waals surface area contributed by atoms with Gasteiger partial charge in [-0.2, -0.15) is 0 Å². The molecule has 0 radical (unpaired) electrons. The first-order valence-corrected chi connectivity index (χ1v) is 7.40. The Morgan fingerprint density at radius 3 is 1.94 bits per heavy atom. The summed E-state index contributed by atoms with van der Waals surface area (Å²) < 4.78 is 11.2. The minimum Gasteiger partial charge on any atom is -0.352 e. The maximum Gasteiger partial charge on any atom is 0.170 e. The van der Waals surface area contributed by atoms with Crippen LogP contribution in [0.3, 0.4) is 0 Å². The number of hydrogen-bond donors (Lipinski definition) is 0. The Morgan fingerprint density at radius 1 is 0.944 bits per heavy atom. The van der Waals surface area contributed by atoms with Crippen LogP contribution in [0.25, 0.3) is 0 Å². The zero-order chi connectivity index (χ0) is 13.4. The average molecular weight is 258 g/mol. The van der Waals surface area contributed by atoms with Crippen LogP contribution < -0.4 is 0 Å². The molecular weight excluding hydrogens is 228 g/mol. The molecule has 0 aromatic rings. The number of ether oxygens (including phenoxy) is 2. The zero-order valence-electron chi connectivity index (χ0n) is 12.5. The van der Waals surface area contributed by atoms with Gasteiger partial charge in [-0.15, -0.1) is 0 Å². The molecule has 1 rings (SSSR count). The summed E-state index contributed by atoms with van der Waals surface area (Å²) in [4.78, 5) is 5.03. The van der Waals surface area contributed by atoms with Crippen molar-refractivity contribution in [2.75, 3.05) is 45.9 Å². The summed E-state index contributed by atoms with van der Waals surface area (Å²) in [6, 6.07) is 0.710. The molecule has 1 atom stereocenters. The van der Waals surface area contributed by atoms with Gasteiger partial charge >= 0.3 is 0 Å². The second-order valence-corrected chi connectivity index (χ2v) is 4.93. The van der Waals surface area contributed by atoms with Gasteiger partial charge in [0, 0.05) is 52.0 Å². The normalized spacial score (nSPS) is 20.5. The van der Waals surface area contributed by atoms with Crippen LogP contribution in [0.2, 0.25) is 0 Å². The predicted octanol–water partition coefficient (Wildman–Crippen LogP) is 1.80. The maximum atomic E-state index is 5.60. The van der Waals surface area contributed by atoms with E-state index in [-0.39, 0.29) is 6.29 Å². The van der Waals surface area contributed by atoms with Crippen molar-refractivity contribution in [2.24, 2.45) is 0 Å². The lowest BCUT2D eigenvalue weighted by Gasteiger charge is -2.38. The van der Waals surface area contributed by atoms with Crippen molar-refractivity contribution in [2.45, 2.75) is 46.4 Å². The fourth-order valence-electron chi connectivity index (χ4n) is 2.38. The first-order valence-electron chi connectivity index (χ1n) is 7.40. The van der Waals surface area contributed by atoms with Crippen LogP contribution in [0, 0.1) is 0 Å². The molecule has 18 heavy (non-hydrogen) atoms. The largest absolute Gasteiger partial charge is 0.352 e. The Hall–Kier alpha value is -0.160. The summed E-state index contributed by atoms with van der Waals surface area (Å²) >= 11 is 0. The predicted molar refractivity (Wildman–Crippen MR) is 74.8 cm³/mol. The quantitative estimate of drug-likeness (QED) is 0.620. The smallest absolute Gasteiger partial charge is 0.170 e. The summed E-state index contributed by atoms with van der Waals surface area (Å²) in [5.41, 5.74) is 0. The van der Waals surface area contributed by atoms with Crippen LogP contribution in [0.4, 0.5) is 0 Å². The molecule has 1 unspecified atom stereocenters. The van der Waals surface area contributed by atoms with E-state index in [9.17, 15) is 0 Å². The molecule has 0 bridgehead atoms. The molecule has 1 fully saturated rings. The third-order valence-corrected chi connectivity index (χ3v) is 3.73. The fourth-order valence-corrected chi connectivity index (χ4v) is 2.38. The van der Waals surface area contributed by atoms with Gasteiger partial charge in [0.25, 0.3) is 0 Å². The molecule has 0 aromatic carbocycles. The monoisotopic (exact) mass is 258 g/mol. The molecule has 1 saturated heterocycles. The third-order valence-electron chi connectivity index (χ3n) is 3.73. The van der Waals surface area contributed by atoms with Crippen molar-refractivity contribution in [1.29, 1.82) is 0 Å². The highest BCUT2D eigenvalue weighted by Crippen LogP contribution is 2.10. The third kappa shape index (κ3) is 5.22. The Labute approximate surface area is 112 Å². The van der Waals surface area contributed by atoms with Crippen LogP contribution >= 0.6 is 0 Å². The molecule has 0 spiro atoms. The molecule has 0 aromatic heterocycles. The summed E-state index contributed by atoms with van der Waals surface area (Å²) in [6.07, 6.45) is 1.18. The van der Waals surface area contributed by atoms with Gasteiger partial charge in [-0.25, -0.2) is 0 Å². The SMILES string of the molecule is CCOC(CN1CCN(C(C)CC)CC1)OCC. The molecule has 1 heterocycles. The van der Waals surface area contributed by atoms with E-state index in [1.807, 2.05) is 13.8 Å². The van der Waals surface area contributed by atoms with Gasteiger partial charge in [0.2, 0.25) is 0 Å². The lowest BCUT2D eigenvalue weighted by atomic mass is 10.2. The van der Waals surface area contributed by atoms with Crippen molar-refractivity contribution in [3.63, 3.8) is 0 Å². The van der Waals surface area contributed by atoms with Crippen LogP contribution in [0.5, 0.6) is 0 Å². The van der Waals surface area contributed by atoms with Crippen molar-refractivity contribution < 1.29 is 9.47 Å². The topological polar surface area (TPSA) is 24.9 Å². The lowest BCUT2D eigenvalue weighted by Crippen LogP contribution is -2.51. The van der Waals surface area contributed by atoms with Crippen molar-refractivity contribution >= 4 is 0 Å². The molecule has 1 aliphatic rings. The molecule has 4 heteroatoms. The zero-order valence-corrected chi connectivity index (χ0v) is 12.5. The summed E-state index contributed by atoms with van der Waals surface area (Å²) in [5, 5.41) is 0. The van der Waals surface area contributed by atoms with Crippen molar-refractivity contribution in [3.8, 4) is 0 Å². The Balaban J connectivity index is 2.28. The number of nitrogens with zero attached hydrogens (tertiary/aromatic N) is 2. The van der Waals surface area contributed by atoms with E-state index in [2.05, 4.69) is 23.6 Å². The fraction of sp³-hybridized carbons (Fsp3) is 1.00. The number of hydrogen-bond acceptors (Lipinski definition) is 4. The van der Waals surface area contributed by atoms with Gasteiger partial charge in [0.15, 0.2) is 6.29 Å². The van der Waals surface area contributed by atoms with E-state index < -0.39 is 0 Å². The van der Waals surface area contributed by atoms with Crippen molar-refractivity contribution in [1.82, 2.24) is 9.80 Å². The highest BCUT2D eigenvalue weighted by atomic mass is 16.7. The van der Waals surface area contributed by atoms with E-state index in [0.717, 1.165) is 32.8 Å². The lowest BCUT2D eigenvalue weighted by molar-refractivity contribution is -0.149. The Morgan fingerprint density at radius 2 is 1.50 bits per heavy atom. The average Bonchev–Trinajstić information content (AvgIpc) is 2.39. The molecule has 1 aliphatic heterocycles.